The fourth-order valence-electron chi connectivity index (χ4n) is 1.93. The molecule has 0 aliphatic carbocycles. The second kappa shape index (κ2) is 6.64. The molecule has 0 spiro atoms. The number of thiophene rings is 1. The first-order valence-electron chi connectivity index (χ1n) is 6.27. The Labute approximate surface area is 126 Å². The van der Waals surface area contributed by atoms with E-state index < -0.39 is 0 Å². The van der Waals surface area contributed by atoms with Crippen LogP contribution < -0.4 is 5.32 Å². The molecule has 0 bridgehead atoms. The number of nitrogens with one attached hydrogen (secondary N) is 1. The van der Waals surface area contributed by atoms with Gasteiger partial charge in [0.05, 0.1) is 0 Å². The largest absolute Gasteiger partial charge is 0.310 e. The zero-order valence-corrected chi connectivity index (χ0v) is 13.4. The normalized spacial score (nSPS) is 12.6. The monoisotopic (exact) mass is 341 g/mol. The van der Waals surface area contributed by atoms with Crippen molar-refractivity contribution in [2.75, 3.05) is 0 Å². The highest BCUT2D eigenvalue weighted by Crippen LogP contribution is 2.18. The lowest BCUT2D eigenvalue weighted by Crippen LogP contribution is -2.27. The van der Waals surface area contributed by atoms with Crippen LogP contribution in [-0.4, -0.2) is 6.04 Å². The average molecular weight is 342 g/mol. The van der Waals surface area contributed by atoms with Crippen LogP contribution in [-0.2, 0) is 13.0 Å². The van der Waals surface area contributed by atoms with Crippen LogP contribution in [0.3, 0.4) is 0 Å². The Morgan fingerprint density at radius 2 is 2.11 bits per heavy atom. The van der Waals surface area contributed by atoms with Crippen molar-refractivity contribution in [2.45, 2.75) is 32.9 Å². The Balaban J connectivity index is 1.89. The molecule has 0 amide bonds. The van der Waals surface area contributed by atoms with Crippen LogP contribution in [0.15, 0.2) is 34.8 Å². The maximum absolute atomic E-state index is 13.6. The first kappa shape index (κ1) is 14.7. The van der Waals surface area contributed by atoms with E-state index in [0.717, 1.165) is 10.9 Å². The molecule has 2 aromatic rings. The lowest BCUT2D eigenvalue weighted by Gasteiger charge is -2.13. The van der Waals surface area contributed by atoms with E-state index in [0.29, 0.717) is 18.2 Å². The minimum absolute atomic E-state index is 0.158. The summed E-state index contributed by atoms with van der Waals surface area (Å²) < 4.78 is 14.5. The Hall–Kier alpha value is -0.710. The second-order valence-corrected chi connectivity index (χ2v) is 7.02. The summed E-state index contributed by atoms with van der Waals surface area (Å²) in [5, 5.41) is 3.37. The first-order valence-corrected chi connectivity index (χ1v) is 7.88. The van der Waals surface area contributed by atoms with Crippen molar-refractivity contribution in [3.63, 3.8) is 0 Å². The van der Waals surface area contributed by atoms with Crippen LogP contribution in [0.1, 0.15) is 22.2 Å². The van der Waals surface area contributed by atoms with Crippen LogP contribution in [0.2, 0.25) is 0 Å². The molecule has 0 aliphatic heterocycles. The SMILES string of the molecule is Cc1ccc(CC(C)NCc2cc(Br)ccc2F)s1. The molecule has 1 N–H and O–H groups in total. The van der Waals surface area contributed by atoms with Gasteiger partial charge in [0.15, 0.2) is 0 Å². The predicted molar refractivity (Wildman–Crippen MR) is 83.2 cm³/mol. The van der Waals surface area contributed by atoms with E-state index in [1.165, 1.54) is 15.8 Å². The molecule has 1 nitrogen and oxygen atoms in total. The maximum Gasteiger partial charge on any atom is 0.127 e. The number of halogens is 2. The zero-order chi connectivity index (χ0) is 13.8. The van der Waals surface area contributed by atoms with Gasteiger partial charge in [0, 0.05) is 32.4 Å². The highest BCUT2D eigenvalue weighted by molar-refractivity contribution is 9.10. The summed E-state index contributed by atoms with van der Waals surface area (Å²) in [6, 6.07) is 9.67. The minimum atomic E-state index is -0.158. The van der Waals surface area contributed by atoms with Gasteiger partial charge in [0.25, 0.3) is 0 Å². The summed E-state index contributed by atoms with van der Waals surface area (Å²) in [6.07, 6.45) is 0.980. The smallest absolute Gasteiger partial charge is 0.127 e. The third kappa shape index (κ3) is 4.41. The molecule has 1 aromatic heterocycles. The van der Waals surface area contributed by atoms with Crippen molar-refractivity contribution in [1.29, 1.82) is 0 Å². The van der Waals surface area contributed by atoms with Gasteiger partial charge < -0.3 is 5.32 Å². The van der Waals surface area contributed by atoms with Crippen molar-refractivity contribution in [2.24, 2.45) is 0 Å². The molecule has 1 aromatic carbocycles. The summed E-state index contributed by atoms with van der Waals surface area (Å²) in [5.74, 6) is -0.158. The molecule has 102 valence electrons. The third-order valence-electron chi connectivity index (χ3n) is 2.95. The lowest BCUT2D eigenvalue weighted by atomic mass is 10.1. The number of aryl methyl sites for hydroxylation is 1. The molecule has 1 unspecified atom stereocenters. The second-order valence-electron chi connectivity index (χ2n) is 4.73. The highest BCUT2D eigenvalue weighted by Gasteiger charge is 2.07. The standard InChI is InChI=1S/C15H17BrFNS/c1-10(7-14-5-3-11(2)19-14)18-9-12-8-13(16)4-6-15(12)17/h3-6,8,10,18H,7,9H2,1-2H3. The molecule has 1 atom stereocenters. The van der Waals surface area contributed by atoms with Crippen molar-refractivity contribution >= 4 is 27.3 Å². The summed E-state index contributed by atoms with van der Waals surface area (Å²) in [7, 11) is 0. The van der Waals surface area contributed by atoms with Crippen molar-refractivity contribution in [3.05, 3.63) is 55.9 Å². The molecular weight excluding hydrogens is 325 g/mol. The van der Waals surface area contributed by atoms with Crippen LogP contribution >= 0.6 is 27.3 Å². The van der Waals surface area contributed by atoms with Crippen LogP contribution in [0.5, 0.6) is 0 Å². The Morgan fingerprint density at radius 3 is 2.79 bits per heavy atom. The van der Waals surface area contributed by atoms with Gasteiger partial charge in [0.2, 0.25) is 0 Å². The fraction of sp³-hybridized carbons (Fsp3) is 0.333. The van der Waals surface area contributed by atoms with Gasteiger partial charge in [-0.2, -0.15) is 0 Å². The molecule has 0 fully saturated rings. The van der Waals surface area contributed by atoms with Crippen LogP contribution in [0.4, 0.5) is 4.39 Å². The van der Waals surface area contributed by atoms with Gasteiger partial charge in [-0.25, -0.2) is 4.39 Å². The number of rotatable bonds is 5. The van der Waals surface area contributed by atoms with Crippen molar-refractivity contribution < 1.29 is 4.39 Å². The van der Waals surface area contributed by atoms with E-state index >= 15 is 0 Å². The fourth-order valence-corrected chi connectivity index (χ4v) is 3.36. The number of hydrogen-bond donors (Lipinski definition) is 1. The number of benzene rings is 1. The summed E-state index contributed by atoms with van der Waals surface area (Å²) in [5.41, 5.74) is 0.698. The van der Waals surface area contributed by atoms with Gasteiger partial charge in [-0.3, -0.25) is 0 Å². The van der Waals surface area contributed by atoms with Gasteiger partial charge in [-0.1, -0.05) is 15.9 Å². The quantitative estimate of drug-likeness (QED) is 0.832. The van der Waals surface area contributed by atoms with E-state index in [9.17, 15) is 4.39 Å². The Kier molecular flexibility index (Phi) is 5.13. The summed E-state index contributed by atoms with van der Waals surface area (Å²) in [4.78, 5) is 2.70. The van der Waals surface area contributed by atoms with Gasteiger partial charge in [0.1, 0.15) is 5.82 Å². The third-order valence-corrected chi connectivity index (χ3v) is 4.47. The first-order chi connectivity index (χ1) is 9.04. The molecular formula is C15H17BrFNS. The molecule has 0 saturated heterocycles. The zero-order valence-electron chi connectivity index (χ0n) is 11.0. The molecule has 0 radical (unpaired) electrons. The lowest BCUT2D eigenvalue weighted by molar-refractivity contribution is 0.527. The van der Waals surface area contributed by atoms with E-state index in [1.54, 1.807) is 6.07 Å². The van der Waals surface area contributed by atoms with Crippen molar-refractivity contribution in [3.8, 4) is 0 Å². The minimum Gasteiger partial charge on any atom is -0.310 e. The molecule has 2 rings (SSSR count). The summed E-state index contributed by atoms with van der Waals surface area (Å²) >= 11 is 5.19. The van der Waals surface area contributed by atoms with E-state index in [4.69, 9.17) is 0 Å². The maximum atomic E-state index is 13.6. The van der Waals surface area contributed by atoms with Crippen LogP contribution in [0.25, 0.3) is 0 Å². The van der Waals surface area contributed by atoms with Crippen LogP contribution in [0, 0.1) is 12.7 Å². The highest BCUT2D eigenvalue weighted by atomic mass is 79.9. The average Bonchev–Trinajstić information content (AvgIpc) is 2.76. The van der Waals surface area contributed by atoms with E-state index in [1.807, 2.05) is 17.4 Å². The van der Waals surface area contributed by atoms with E-state index in [-0.39, 0.29) is 5.82 Å². The summed E-state index contributed by atoms with van der Waals surface area (Å²) in [6.45, 7) is 4.80. The molecule has 0 aliphatic rings. The Morgan fingerprint density at radius 1 is 1.32 bits per heavy atom. The van der Waals surface area contributed by atoms with E-state index in [2.05, 4.69) is 47.2 Å². The van der Waals surface area contributed by atoms with Gasteiger partial charge >= 0.3 is 0 Å². The van der Waals surface area contributed by atoms with Gasteiger partial charge in [-0.15, -0.1) is 11.3 Å². The molecule has 1 heterocycles. The van der Waals surface area contributed by atoms with Gasteiger partial charge in [-0.05, 0) is 50.6 Å². The molecule has 19 heavy (non-hydrogen) atoms. The van der Waals surface area contributed by atoms with Crippen molar-refractivity contribution in [1.82, 2.24) is 5.32 Å². The molecule has 0 saturated carbocycles. The number of hydrogen-bond acceptors (Lipinski definition) is 2. The molecule has 4 heteroatoms. The predicted octanol–water partition coefficient (Wildman–Crippen LogP) is 4.68. The topological polar surface area (TPSA) is 12.0 Å². The Bertz CT molecular complexity index is 553.